The highest BCUT2D eigenvalue weighted by molar-refractivity contribution is 9.10. The molecule has 0 saturated heterocycles. The van der Waals surface area contributed by atoms with E-state index in [0.717, 1.165) is 16.8 Å². The Kier molecular flexibility index (Phi) is 6.53. The molecule has 1 heterocycles. The minimum atomic E-state index is -0.330. The van der Waals surface area contributed by atoms with E-state index in [2.05, 4.69) is 26.6 Å². The van der Waals surface area contributed by atoms with Crippen LogP contribution in [-0.2, 0) is 6.54 Å². The third-order valence-electron chi connectivity index (χ3n) is 4.98. The van der Waals surface area contributed by atoms with Crippen molar-refractivity contribution in [2.24, 2.45) is 0 Å². The van der Waals surface area contributed by atoms with Gasteiger partial charge in [-0.1, -0.05) is 18.2 Å². The molecule has 3 aromatic carbocycles. The first-order chi connectivity index (χ1) is 15.5. The van der Waals surface area contributed by atoms with Crippen LogP contribution in [0, 0.1) is 0 Å². The lowest BCUT2D eigenvalue weighted by molar-refractivity contribution is 0.0974. The Balaban J connectivity index is 1.37. The van der Waals surface area contributed by atoms with E-state index in [1.54, 1.807) is 23.1 Å². The number of fused-ring (bicyclic) bond motifs is 1. The summed E-state index contributed by atoms with van der Waals surface area (Å²) >= 11 is 8.68. The lowest BCUT2D eigenvalue weighted by Gasteiger charge is -2.17. The van der Waals surface area contributed by atoms with E-state index in [4.69, 9.17) is 17.0 Å². The Morgan fingerprint density at radius 3 is 2.56 bits per heavy atom. The maximum atomic E-state index is 12.6. The van der Waals surface area contributed by atoms with Gasteiger partial charge in [-0.15, -0.1) is 0 Å². The van der Waals surface area contributed by atoms with Crippen molar-refractivity contribution < 1.29 is 14.3 Å². The lowest BCUT2D eigenvalue weighted by Crippen LogP contribution is -2.34. The number of halogens is 1. The molecule has 1 aliphatic heterocycles. The number of ether oxygens (including phenoxy) is 1. The van der Waals surface area contributed by atoms with E-state index < -0.39 is 0 Å². The highest BCUT2D eigenvalue weighted by Gasteiger charge is 2.27. The minimum absolute atomic E-state index is 0.00869. The molecule has 8 heteroatoms. The number of carbonyl (C=O) groups is 2. The zero-order valence-electron chi connectivity index (χ0n) is 17.2. The van der Waals surface area contributed by atoms with Gasteiger partial charge >= 0.3 is 0 Å². The van der Waals surface area contributed by atoms with Gasteiger partial charge in [0.05, 0.1) is 17.6 Å². The van der Waals surface area contributed by atoms with E-state index in [0.29, 0.717) is 34.6 Å². The fourth-order valence-corrected chi connectivity index (χ4v) is 4.14. The molecule has 6 nitrogen and oxygen atoms in total. The van der Waals surface area contributed by atoms with Crippen LogP contribution in [0.2, 0.25) is 0 Å². The van der Waals surface area contributed by atoms with Crippen molar-refractivity contribution in [2.45, 2.75) is 13.5 Å². The van der Waals surface area contributed by atoms with Crippen molar-refractivity contribution in [1.82, 2.24) is 5.32 Å². The van der Waals surface area contributed by atoms with Crippen LogP contribution in [0.4, 0.5) is 11.4 Å². The van der Waals surface area contributed by atoms with Gasteiger partial charge in [0.15, 0.2) is 5.11 Å². The van der Waals surface area contributed by atoms with Gasteiger partial charge in [-0.05, 0) is 89.2 Å². The Morgan fingerprint density at radius 1 is 1.12 bits per heavy atom. The smallest absolute Gasteiger partial charge is 0.258 e. The molecule has 0 bridgehead atoms. The molecule has 0 aromatic heterocycles. The van der Waals surface area contributed by atoms with Gasteiger partial charge < -0.3 is 15.0 Å². The van der Waals surface area contributed by atoms with Crippen LogP contribution in [-0.4, -0.2) is 23.5 Å². The van der Waals surface area contributed by atoms with E-state index >= 15 is 0 Å². The largest absolute Gasteiger partial charge is 0.493 e. The summed E-state index contributed by atoms with van der Waals surface area (Å²) < 4.78 is 6.16. The third-order valence-corrected chi connectivity index (χ3v) is 5.80. The number of nitrogens with one attached hydrogen (secondary N) is 2. The summed E-state index contributed by atoms with van der Waals surface area (Å²) in [7, 11) is 0. The van der Waals surface area contributed by atoms with Crippen molar-refractivity contribution in [1.29, 1.82) is 0 Å². The fraction of sp³-hybridized carbons (Fsp3) is 0.125. The Hall–Kier alpha value is -3.23. The molecule has 0 atom stereocenters. The number of hydrogen-bond donors (Lipinski definition) is 2. The van der Waals surface area contributed by atoms with Crippen LogP contribution in [0.15, 0.2) is 71.2 Å². The first-order valence-corrected chi connectivity index (χ1v) is 11.2. The van der Waals surface area contributed by atoms with E-state index in [1.165, 1.54) is 0 Å². The molecule has 2 amide bonds. The Bertz CT molecular complexity index is 1200. The average Bonchev–Trinajstić information content (AvgIpc) is 3.12. The predicted octanol–water partition coefficient (Wildman–Crippen LogP) is 5.14. The van der Waals surface area contributed by atoms with Crippen LogP contribution in [0.5, 0.6) is 5.75 Å². The number of anilines is 2. The van der Waals surface area contributed by atoms with Gasteiger partial charge in [-0.2, -0.15) is 0 Å². The van der Waals surface area contributed by atoms with Gasteiger partial charge in [0.1, 0.15) is 5.75 Å². The molecule has 32 heavy (non-hydrogen) atoms. The molecule has 0 unspecified atom stereocenters. The highest BCUT2D eigenvalue weighted by Crippen LogP contribution is 2.29. The molecule has 0 aliphatic carbocycles. The fourth-order valence-electron chi connectivity index (χ4n) is 3.44. The number of carbonyl (C=O) groups excluding carboxylic acids is 2. The summed E-state index contributed by atoms with van der Waals surface area (Å²) in [6.07, 6.45) is 0. The molecule has 162 valence electrons. The molecular weight excluding hydrogens is 490 g/mol. The lowest BCUT2D eigenvalue weighted by atomic mass is 10.1. The summed E-state index contributed by atoms with van der Waals surface area (Å²) in [4.78, 5) is 26.9. The summed E-state index contributed by atoms with van der Waals surface area (Å²) in [5, 5.41) is 5.84. The molecule has 0 radical (unpaired) electrons. The summed E-state index contributed by atoms with van der Waals surface area (Å²) in [6.45, 7) is 2.98. The number of amides is 2. The predicted molar refractivity (Wildman–Crippen MR) is 132 cm³/mol. The second-order valence-corrected chi connectivity index (χ2v) is 8.34. The van der Waals surface area contributed by atoms with E-state index in [9.17, 15) is 9.59 Å². The van der Waals surface area contributed by atoms with Crippen molar-refractivity contribution in [3.8, 4) is 5.75 Å². The van der Waals surface area contributed by atoms with Crippen LogP contribution < -0.4 is 20.3 Å². The molecule has 0 fully saturated rings. The number of nitrogens with zero attached hydrogens (tertiary/aromatic N) is 1. The van der Waals surface area contributed by atoms with Gasteiger partial charge in [0.2, 0.25) is 0 Å². The quantitative estimate of drug-likeness (QED) is 0.466. The molecule has 2 N–H and O–H groups in total. The number of rotatable bonds is 5. The van der Waals surface area contributed by atoms with Gasteiger partial charge in [-0.3, -0.25) is 14.9 Å². The van der Waals surface area contributed by atoms with E-state index in [1.807, 2.05) is 55.5 Å². The Labute approximate surface area is 199 Å². The topological polar surface area (TPSA) is 70.7 Å². The number of benzene rings is 3. The van der Waals surface area contributed by atoms with Gasteiger partial charge in [0.25, 0.3) is 11.8 Å². The standard InChI is InChI=1S/C24H20BrN3O3S/c1-2-31-21-12-7-15(13-20(21)25)22(29)27-24(32)26-17-8-10-18(11-9-17)28-14-16-5-3-4-6-19(16)23(28)30/h3-13H,2,14H2,1H3,(H2,26,27,29,32). The van der Waals surface area contributed by atoms with Crippen molar-refractivity contribution in [3.63, 3.8) is 0 Å². The van der Waals surface area contributed by atoms with Gasteiger partial charge in [-0.25, -0.2) is 0 Å². The Morgan fingerprint density at radius 2 is 1.88 bits per heavy atom. The van der Waals surface area contributed by atoms with Crippen LogP contribution in [0.3, 0.4) is 0 Å². The van der Waals surface area contributed by atoms with Gasteiger partial charge in [0, 0.05) is 22.5 Å². The zero-order chi connectivity index (χ0) is 22.7. The second kappa shape index (κ2) is 9.50. The first-order valence-electron chi connectivity index (χ1n) is 10.0. The monoisotopic (exact) mass is 509 g/mol. The normalized spacial score (nSPS) is 12.3. The molecule has 4 rings (SSSR count). The number of thiocarbonyl (C=S) groups is 1. The van der Waals surface area contributed by atoms with Crippen LogP contribution in [0.1, 0.15) is 33.2 Å². The summed E-state index contributed by atoms with van der Waals surface area (Å²) in [5.41, 5.74) is 3.71. The third kappa shape index (κ3) is 4.66. The molecular formula is C24H20BrN3O3S. The first kappa shape index (κ1) is 22.0. The zero-order valence-corrected chi connectivity index (χ0v) is 19.6. The van der Waals surface area contributed by atoms with Crippen LogP contribution in [0.25, 0.3) is 0 Å². The maximum absolute atomic E-state index is 12.6. The van der Waals surface area contributed by atoms with E-state index in [-0.39, 0.29) is 16.9 Å². The van der Waals surface area contributed by atoms with Crippen molar-refractivity contribution in [2.75, 3.05) is 16.8 Å². The van der Waals surface area contributed by atoms with Crippen LogP contribution >= 0.6 is 28.1 Å². The minimum Gasteiger partial charge on any atom is -0.493 e. The number of hydrogen-bond acceptors (Lipinski definition) is 4. The van der Waals surface area contributed by atoms with Crippen molar-refractivity contribution in [3.05, 3.63) is 87.9 Å². The SMILES string of the molecule is CCOc1ccc(C(=O)NC(=S)Nc2ccc(N3Cc4ccccc4C3=O)cc2)cc1Br. The highest BCUT2D eigenvalue weighted by atomic mass is 79.9. The maximum Gasteiger partial charge on any atom is 0.258 e. The molecule has 0 spiro atoms. The second-order valence-electron chi connectivity index (χ2n) is 7.08. The molecule has 3 aromatic rings. The summed E-state index contributed by atoms with van der Waals surface area (Å²) in [6, 6.07) is 20.0. The van der Waals surface area contributed by atoms with Crippen molar-refractivity contribution >= 4 is 56.4 Å². The summed E-state index contributed by atoms with van der Waals surface area (Å²) in [5.74, 6) is 0.332. The molecule has 0 saturated carbocycles. The average molecular weight is 510 g/mol. The molecule has 1 aliphatic rings.